The number of rotatable bonds is 3. The van der Waals surface area contributed by atoms with E-state index in [1.54, 1.807) is 0 Å². The van der Waals surface area contributed by atoms with Gasteiger partial charge in [-0.1, -0.05) is 159 Å². The van der Waals surface area contributed by atoms with Crippen molar-refractivity contribution in [2.45, 2.75) is 24.7 Å². The second kappa shape index (κ2) is 13.1. The molecule has 1 aliphatic heterocycles. The molecular weight excluding hydrogens is 813 g/mol. The molecule has 3 nitrogen and oxygen atoms in total. The number of ether oxygens (including phenoxy) is 1. The van der Waals surface area contributed by atoms with Gasteiger partial charge in [0.1, 0.15) is 11.5 Å². The molecule has 3 aliphatic rings. The Kier molecular flexibility index (Phi) is 7.22. The van der Waals surface area contributed by atoms with E-state index in [1.807, 2.05) is 0 Å². The summed E-state index contributed by atoms with van der Waals surface area (Å²) in [6, 6.07) is 81.0. The van der Waals surface area contributed by atoms with E-state index >= 15 is 0 Å². The minimum atomic E-state index is -0.555. The lowest BCUT2D eigenvalue weighted by Gasteiger charge is -2.39. The van der Waals surface area contributed by atoms with E-state index in [-0.39, 0.29) is 5.41 Å². The molecule has 0 radical (unpaired) electrons. The average Bonchev–Trinajstić information content (AvgIpc) is 4.06. The minimum Gasteiger partial charge on any atom is -0.457 e. The molecule has 67 heavy (non-hydrogen) atoms. The molecule has 0 fully saturated rings. The highest BCUT2D eigenvalue weighted by Gasteiger charge is 2.52. The molecule has 0 atom stereocenters. The van der Waals surface area contributed by atoms with Crippen LogP contribution in [-0.2, 0) is 10.8 Å². The normalized spacial score (nSPS) is 14.5. The molecule has 1 spiro atoms. The zero-order chi connectivity index (χ0) is 44.2. The first-order chi connectivity index (χ1) is 33.0. The van der Waals surface area contributed by atoms with E-state index in [0.29, 0.717) is 0 Å². The molecule has 12 aromatic rings. The molecule has 0 N–H and O–H groups in total. The summed E-state index contributed by atoms with van der Waals surface area (Å²) in [5.41, 5.74) is 21.8. The van der Waals surface area contributed by atoms with E-state index in [1.165, 1.54) is 116 Å². The summed E-state index contributed by atoms with van der Waals surface area (Å²) >= 11 is 0. The molecule has 2 aliphatic carbocycles. The van der Waals surface area contributed by atoms with E-state index in [4.69, 9.17) is 4.74 Å². The third-order valence-electron chi connectivity index (χ3n) is 15.6. The molecule has 3 heterocycles. The first kappa shape index (κ1) is 36.9. The first-order valence-electron chi connectivity index (χ1n) is 23.4. The lowest BCUT2D eigenvalue weighted by Crippen LogP contribution is -2.32. The van der Waals surface area contributed by atoms with Gasteiger partial charge >= 0.3 is 0 Å². The predicted molar refractivity (Wildman–Crippen MR) is 275 cm³/mol. The van der Waals surface area contributed by atoms with Gasteiger partial charge in [-0.25, -0.2) is 0 Å². The van der Waals surface area contributed by atoms with E-state index in [9.17, 15) is 0 Å². The molecule has 15 rings (SSSR count). The number of benzene rings is 10. The lowest BCUT2D eigenvalue weighted by molar-refractivity contribution is 0.436. The Morgan fingerprint density at radius 2 is 0.866 bits per heavy atom. The van der Waals surface area contributed by atoms with Crippen LogP contribution in [0.15, 0.2) is 218 Å². The van der Waals surface area contributed by atoms with E-state index in [2.05, 4.69) is 241 Å². The number of nitrogens with zero attached hydrogens (tertiary/aromatic N) is 2. The van der Waals surface area contributed by atoms with Crippen LogP contribution in [0, 0.1) is 0 Å². The van der Waals surface area contributed by atoms with E-state index in [0.717, 1.165) is 17.2 Å². The predicted octanol–water partition coefficient (Wildman–Crippen LogP) is 16.3. The van der Waals surface area contributed by atoms with E-state index < -0.39 is 5.41 Å². The average molecular weight is 855 g/mol. The maximum Gasteiger partial charge on any atom is 0.132 e. The summed E-state index contributed by atoms with van der Waals surface area (Å²) in [7, 11) is 0. The number of fused-ring (bicyclic) bond motifs is 19. The number of hydrogen-bond donors (Lipinski definition) is 0. The van der Waals surface area contributed by atoms with Crippen molar-refractivity contribution in [2.24, 2.45) is 0 Å². The van der Waals surface area contributed by atoms with Crippen molar-refractivity contribution in [1.82, 2.24) is 9.13 Å². The monoisotopic (exact) mass is 854 g/mol. The van der Waals surface area contributed by atoms with Gasteiger partial charge in [0.05, 0.1) is 27.5 Å². The minimum absolute atomic E-state index is 0.0971. The van der Waals surface area contributed by atoms with Crippen molar-refractivity contribution >= 4 is 43.6 Å². The molecular formula is C64H42N2O. The van der Waals surface area contributed by atoms with Crippen LogP contribution >= 0.6 is 0 Å². The first-order valence-corrected chi connectivity index (χ1v) is 23.4. The van der Waals surface area contributed by atoms with Gasteiger partial charge in [-0.2, -0.15) is 0 Å². The van der Waals surface area contributed by atoms with Gasteiger partial charge in [0.15, 0.2) is 0 Å². The van der Waals surface area contributed by atoms with Crippen LogP contribution in [0.25, 0.3) is 88.4 Å². The topological polar surface area (TPSA) is 19.1 Å². The fourth-order valence-electron chi connectivity index (χ4n) is 12.7. The van der Waals surface area contributed by atoms with Crippen LogP contribution < -0.4 is 4.74 Å². The molecule has 0 saturated carbocycles. The molecule has 0 saturated heterocycles. The maximum absolute atomic E-state index is 6.69. The highest BCUT2D eigenvalue weighted by atomic mass is 16.5. The zero-order valence-electron chi connectivity index (χ0n) is 37.1. The highest BCUT2D eigenvalue weighted by molar-refractivity contribution is 6.18. The Balaban J connectivity index is 0.997. The summed E-state index contributed by atoms with van der Waals surface area (Å²) in [4.78, 5) is 0. The highest BCUT2D eigenvalue weighted by Crippen LogP contribution is 2.63. The van der Waals surface area contributed by atoms with Gasteiger partial charge in [0.25, 0.3) is 0 Å². The quantitative estimate of drug-likeness (QED) is 0.173. The standard InChI is InChI=1S/C64H42N2O/c1-63(2)50-23-11-9-21-43(50)46-37-49-48-36-40(29-33-56(48)65(58(49)38-55(46)63)41-17-5-3-6-18-41)39-30-34-57-47(35-39)44-31-32-54-61(62(44)66(57)42-19-7-4-8-20-42)45-22-10-12-24-51(45)64(54)52-25-13-15-27-59(52)67-60-28-16-14-26-53(60)64/h3-38H,1-2H3. The summed E-state index contributed by atoms with van der Waals surface area (Å²) in [6.45, 7) is 4.74. The van der Waals surface area contributed by atoms with Crippen LogP contribution in [0.3, 0.4) is 0 Å². The number of aromatic nitrogens is 2. The second-order valence-corrected chi connectivity index (χ2v) is 19.2. The Hall–Kier alpha value is -8.40. The summed E-state index contributed by atoms with van der Waals surface area (Å²) in [6.07, 6.45) is 0. The Morgan fingerprint density at radius 3 is 1.54 bits per heavy atom. The lowest BCUT2D eigenvalue weighted by atomic mass is 9.66. The SMILES string of the molecule is CC1(C)c2ccccc2-c2cc3c4cc(-c5ccc6c(c5)c5ccc7c(c5n6-c5ccccc5)-c5ccccc5C75c6ccccc6Oc6ccccc65)ccc4n(-c4ccccc4)c3cc21. The molecule has 0 bridgehead atoms. The van der Waals surface area contributed by atoms with Crippen LogP contribution in [0.1, 0.15) is 47.2 Å². The van der Waals surface area contributed by atoms with Gasteiger partial charge in [0.2, 0.25) is 0 Å². The maximum atomic E-state index is 6.69. The van der Waals surface area contributed by atoms with Gasteiger partial charge in [-0.15, -0.1) is 0 Å². The summed E-state index contributed by atoms with van der Waals surface area (Å²) in [5, 5.41) is 4.99. The second-order valence-electron chi connectivity index (χ2n) is 19.2. The molecule has 0 unspecified atom stereocenters. The zero-order valence-corrected chi connectivity index (χ0v) is 37.1. The van der Waals surface area contributed by atoms with Crippen molar-refractivity contribution < 1.29 is 4.74 Å². The van der Waals surface area contributed by atoms with Gasteiger partial charge in [0, 0.05) is 55.0 Å². The van der Waals surface area contributed by atoms with Crippen LogP contribution in [0.5, 0.6) is 11.5 Å². The molecule has 2 aromatic heterocycles. The smallest absolute Gasteiger partial charge is 0.132 e. The van der Waals surface area contributed by atoms with Crippen LogP contribution in [0.4, 0.5) is 0 Å². The van der Waals surface area contributed by atoms with Crippen molar-refractivity contribution in [2.75, 3.05) is 0 Å². The molecule has 0 amide bonds. The summed E-state index contributed by atoms with van der Waals surface area (Å²) < 4.78 is 11.7. The van der Waals surface area contributed by atoms with Crippen LogP contribution in [0.2, 0.25) is 0 Å². The van der Waals surface area contributed by atoms with Crippen molar-refractivity contribution in [1.29, 1.82) is 0 Å². The number of hydrogen-bond acceptors (Lipinski definition) is 1. The van der Waals surface area contributed by atoms with Crippen molar-refractivity contribution in [3.8, 4) is 56.3 Å². The Labute approximate surface area is 388 Å². The molecule has 10 aromatic carbocycles. The summed E-state index contributed by atoms with van der Waals surface area (Å²) in [5.74, 6) is 1.80. The third-order valence-corrected chi connectivity index (χ3v) is 15.6. The van der Waals surface area contributed by atoms with Crippen molar-refractivity contribution in [3.05, 3.63) is 252 Å². The largest absolute Gasteiger partial charge is 0.457 e. The Bertz CT molecular complexity index is 4050. The fraction of sp³-hybridized carbons (Fsp3) is 0.0625. The van der Waals surface area contributed by atoms with Crippen molar-refractivity contribution in [3.63, 3.8) is 0 Å². The molecule has 3 heteroatoms. The third kappa shape index (κ3) is 4.70. The fourth-order valence-corrected chi connectivity index (χ4v) is 12.7. The van der Waals surface area contributed by atoms with Gasteiger partial charge in [-0.05, 0) is 123 Å². The van der Waals surface area contributed by atoms with Crippen LogP contribution in [-0.4, -0.2) is 9.13 Å². The Morgan fingerprint density at radius 1 is 0.343 bits per heavy atom. The number of para-hydroxylation sites is 4. The van der Waals surface area contributed by atoms with Gasteiger partial charge in [-0.3, -0.25) is 0 Å². The molecule has 314 valence electrons. The van der Waals surface area contributed by atoms with Gasteiger partial charge < -0.3 is 13.9 Å².